The molecule has 1 saturated carbocycles. The van der Waals surface area contributed by atoms with Crippen LogP contribution in [0.15, 0.2) is 0 Å². The highest BCUT2D eigenvalue weighted by atomic mass is 16.5. The van der Waals surface area contributed by atoms with E-state index in [0.29, 0.717) is 6.10 Å². The standard InChI is InChI=1S/C10H19NO/c1-11-6-5-8-3-4-9(12-2)7-10(8)11/h8-10H,3-7H2,1-2H3. The molecule has 1 aliphatic carbocycles. The summed E-state index contributed by atoms with van der Waals surface area (Å²) in [5, 5.41) is 0. The van der Waals surface area contributed by atoms with E-state index < -0.39 is 0 Å². The minimum atomic E-state index is 0.534. The van der Waals surface area contributed by atoms with Crippen molar-refractivity contribution in [3.8, 4) is 0 Å². The van der Waals surface area contributed by atoms with Crippen LogP contribution >= 0.6 is 0 Å². The molecular weight excluding hydrogens is 150 g/mol. The van der Waals surface area contributed by atoms with E-state index in [4.69, 9.17) is 4.74 Å². The Hall–Kier alpha value is -0.0800. The molecule has 1 saturated heterocycles. The third-order valence-electron chi connectivity index (χ3n) is 3.66. The SMILES string of the molecule is COC1CCC2CCN(C)C2C1. The molecule has 70 valence electrons. The second-order valence-electron chi connectivity index (χ2n) is 4.27. The lowest BCUT2D eigenvalue weighted by Gasteiger charge is -2.33. The van der Waals surface area contributed by atoms with E-state index in [9.17, 15) is 0 Å². The highest BCUT2D eigenvalue weighted by Crippen LogP contribution is 2.35. The van der Waals surface area contributed by atoms with Gasteiger partial charge in [-0.05, 0) is 45.2 Å². The highest BCUT2D eigenvalue weighted by molar-refractivity contribution is 4.91. The van der Waals surface area contributed by atoms with Gasteiger partial charge in [0.1, 0.15) is 0 Å². The largest absolute Gasteiger partial charge is 0.381 e. The molecule has 2 fully saturated rings. The third kappa shape index (κ3) is 1.38. The van der Waals surface area contributed by atoms with Crippen LogP contribution < -0.4 is 0 Å². The van der Waals surface area contributed by atoms with Gasteiger partial charge in [0.25, 0.3) is 0 Å². The minimum Gasteiger partial charge on any atom is -0.381 e. The maximum Gasteiger partial charge on any atom is 0.0586 e. The van der Waals surface area contributed by atoms with E-state index in [2.05, 4.69) is 11.9 Å². The van der Waals surface area contributed by atoms with Crippen molar-refractivity contribution in [1.82, 2.24) is 4.90 Å². The molecule has 0 amide bonds. The highest BCUT2D eigenvalue weighted by Gasteiger charge is 2.36. The molecular formula is C10H19NO. The fourth-order valence-electron chi connectivity index (χ4n) is 2.80. The van der Waals surface area contributed by atoms with Crippen LogP contribution in [-0.2, 0) is 4.74 Å². The molecule has 2 heteroatoms. The molecule has 2 rings (SSSR count). The zero-order chi connectivity index (χ0) is 8.55. The molecule has 1 heterocycles. The van der Waals surface area contributed by atoms with Gasteiger partial charge in [-0.3, -0.25) is 0 Å². The quantitative estimate of drug-likeness (QED) is 0.590. The smallest absolute Gasteiger partial charge is 0.0586 e. The van der Waals surface area contributed by atoms with Crippen LogP contribution in [0, 0.1) is 5.92 Å². The van der Waals surface area contributed by atoms with Gasteiger partial charge in [0.05, 0.1) is 6.10 Å². The van der Waals surface area contributed by atoms with Gasteiger partial charge in [-0.25, -0.2) is 0 Å². The lowest BCUT2D eigenvalue weighted by atomic mass is 9.83. The molecule has 2 aliphatic rings. The van der Waals surface area contributed by atoms with Crippen molar-refractivity contribution in [3.63, 3.8) is 0 Å². The normalized spacial score (nSPS) is 43.0. The van der Waals surface area contributed by atoms with Crippen molar-refractivity contribution in [1.29, 1.82) is 0 Å². The van der Waals surface area contributed by atoms with Gasteiger partial charge >= 0.3 is 0 Å². The molecule has 1 aliphatic heterocycles. The molecule has 0 aromatic carbocycles. The molecule has 0 bridgehead atoms. The number of hydrogen-bond donors (Lipinski definition) is 0. The number of ether oxygens (including phenoxy) is 1. The first kappa shape index (κ1) is 8.52. The summed E-state index contributed by atoms with van der Waals surface area (Å²) in [5.74, 6) is 0.974. The van der Waals surface area contributed by atoms with Crippen LogP contribution in [0.4, 0.5) is 0 Å². The Morgan fingerprint density at radius 1 is 1.25 bits per heavy atom. The fourth-order valence-corrected chi connectivity index (χ4v) is 2.80. The Kier molecular flexibility index (Phi) is 2.37. The van der Waals surface area contributed by atoms with E-state index >= 15 is 0 Å². The van der Waals surface area contributed by atoms with Crippen LogP contribution in [-0.4, -0.2) is 37.7 Å². The summed E-state index contributed by atoms with van der Waals surface area (Å²) in [5.41, 5.74) is 0. The summed E-state index contributed by atoms with van der Waals surface area (Å²) in [4.78, 5) is 2.51. The van der Waals surface area contributed by atoms with Gasteiger partial charge in [0, 0.05) is 13.2 Å². The van der Waals surface area contributed by atoms with E-state index in [1.807, 2.05) is 7.11 Å². The molecule has 12 heavy (non-hydrogen) atoms. The number of nitrogens with zero attached hydrogens (tertiary/aromatic N) is 1. The average molecular weight is 169 g/mol. The van der Waals surface area contributed by atoms with Crippen molar-refractivity contribution >= 4 is 0 Å². The van der Waals surface area contributed by atoms with E-state index in [1.165, 1.54) is 32.2 Å². The molecule has 0 aromatic heterocycles. The zero-order valence-corrected chi connectivity index (χ0v) is 8.12. The number of rotatable bonds is 1. The molecule has 3 atom stereocenters. The topological polar surface area (TPSA) is 12.5 Å². The first-order valence-corrected chi connectivity index (χ1v) is 5.04. The Morgan fingerprint density at radius 2 is 2.08 bits per heavy atom. The number of fused-ring (bicyclic) bond motifs is 1. The summed E-state index contributed by atoms with van der Waals surface area (Å²) < 4.78 is 5.42. The van der Waals surface area contributed by atoms with Gasteiger partial charge < -0.3 is 9.64 Å². The molecule has 0 radical (unpaired) electrons. The summed E-state index contributed by atoms with van der Waals surface area (Å²) in [6.07, 6.45) is 5.88. The van der Waals surface area contributed by atoms with Gasteiger partial charge in [0.2, 0.25) is 0 Å². The summed E-state index contributed by atoms with van der Waals surface area (Å²) in [7, 11) is 4.10. The van der Waals surface area contributed by atoms with E-state index in [0.717, 1.165) is 12.0 Å². The number of methoxy groups -OCH3 is 1. The Labute approximate surface area is 74.9 Å². The van der Waals surface area contributed by atoms with Crippen molar-refractivity contribution in [2.75, 3.05) is 20.7 Å². The molecule has 3 unspecified atom stereocenters. The van der Waals surface area contributed by atoms with Crippen molar-refractivity contribution in [2.24, 2.45) is 5.92 Å². The third-order valence-corrected chi connectivity index (χ3v) is 3.66. The van der Waals surface area contributed by atoms with Gasteiger partial charge in [0.15, 0.2) is 0 Å². The predicted molar refractivity (Wildman–Crippen MR) is 49.2 cm³/mol. The van der Waals surface area contributed by atoms with Crippen LogP contribution in [0.5, 0.6) is 0 Å². The molecule has 0 aromatic rings. The van der Waals surface area contributed by atoms with Gasteiger partial charge in [-0.15, -0.1) is 0 Å². The fraction of sp³-hybridized carbons (Fsp3) is 1.00. The molecule has 2 nitrogen and oxygen atoms in total. The summed E-state index contributed by atoms with van der Waals surface area (Å²) in [6.45, 7) is 1.30. The van der Waals surface area contributed by atoms with Crippen LogP contribution in [0.3, 0.4) is 0 Å². The van der Waals surface area contributed by atoms with Crippen LogP contribution in [0.2, 0.25) is 0 Å². The Bertz CT molecular complexity index is 160. The lowest BCUT2D eigenvalue weighted by molar-refractivity contribution is 0.0320. The van der Waals surface area contributed by atoms with Crippen LogP contribution in [0.25, 0.3) is 0 Å². The number of hydrogen-bond acceptors (Lipinski definition) is 2. The second-order valence-corrected chi connectivity index (χ2v) is 4.27. The van der Waals surface area contributed by atoms with Crippen molar-refractivity contribution in [2.45, 2.75) is 37.8 Å². The Morgan fingerprint density at radius 3 is 2.83 bits per heavy atom. The predicted octanol–water partition coefficient (Wildman–Crippen LogP) is 1.51. The van der Waals surface area contributed by atoms with E-state index in [1.54, 1.807) is 0 Å². The maximum absolute atomic E-state index is 5.42. The zero-order valence-electron chi connectivity index (χ0n) is 8.12. The molecule has 0 N–H and O–H groups in total. The summed E-state index contributed by atoms with van der Waals surface area (Å²) >= 11 is 0. The monoisotopic (exact) mass is 169 g/mol. The summed E-state index contributed by atoms with van der Waals surface area (Å²) in [6, 6.07) is 0.823. The number of likely N-dealkylation sites (tertiary alicyclic amines) is 1. The van der Waals surface area contributed by atoms with Crippen molar-refractivity contribution < 1.29 is 4.74 Å². The Balaban J connectivity index is 1.97. The first-order valence-electron chi connectivity index (χ1n) is 5.04. The second kappa shape index (κ2) is 3.35. The van der Waals surface area contributed by atoms with Crippen molar-refractivity contribution in [3.05, 3.63) is 0 Å². The molecule has 0 spiro atoms. The van der Waals surface area contributed by atoms with E-state index in [-0.39, 0.29) is 0 Å². The maximum atomic E-state index is 5.42. The average Bonchev–Trinajstić information content (AvgIpc) is 2.47. The van der Waals surface area contributed by atoms with Gasteiger partial charge in [-0.1, -0.05) is 0 Å². The van der Waals surface area contributed by atoms with Gasteiger partial charge in [-0.2, -0.15) is 0 Å². The van der Waals surface area contributed by atoms with Crippen LogP contribution in [0.1, 0.15) is 25.7 Å². The minimum absolute atomic E-state index is 0.534. The lowest BCUT2D eigenvalue weighted by Crippen LogP contribution is -2.37. The first-order chi connectivity index (χ1) is 5.81.